The molecule has 5 rings (SSSR count). The molecule has 0 aliphatic carbocycles. The summed E-state index contributed by atoms with van der Waals surface area (Å²) in [5, 5.41) is 0.747. The predicted molar refractivity (Wildman–Crippen MR) is 112 cm³/mol. The molecule has 4 nitrogen and oxygen atoms in total. The zero-order valence-electron chi connectivity index (χ0n) is 15.6. The fourth-order valence-corrected chi connectivity index (χ4v) is 4.10. The molecule has 6 heteroatoms. The van der Waals surface area contributed by atoms with Crippen molar-refractivity contribution in [1.29, 1.82) is 0 Å². The Kier molecular flexibility index (Phi) is 4.40. The van der Waals surface area contributed by atoms with Crippen LogP contribution in [0.3, 0.4) is 0 Å². The minimum Gasteiger partial charge on any atom is -0.450 e. The van der Waals surface area contributed by atoms with E-state index in [1.807, 2.05) is 30.3 Å². The average molecular weight is 420 g/mol. The molecule has 1 aromatic heterocycles. The number of hydrogen-bond donors (Lipinski definition) is 0. The number of amides is 1. The van der Waals surface area contributed by atoms with Gasteiger partial charge in [0, 0.05) is 11.6 Å². The lowest BCUT2D eigenvalue weighted by Crippen LogP contribution is -2.29. The van der Waals surface area contributed by atoms with Crippen LogP contribution in [0, 0.1) is 5.82 Å². The van der Waals surface area contributed by atoms with Gasteiger partial charge in [-0.05, 0) is 41.5 Å². The van der Waals surface area contributed by atoms with Gasteiger partial charge in [0.15, 0.2) is 5.43 Å². The van der Waals surface area contributed by atoms with Crippen molar-refractivity contribution < 1.29 is 13.6 Å². The number of benzene rings is 3. The number of hydrogen-bond acceptors (Lipinski definition) is 3. The molecule has 2 heterocycles. The molecule has 0 saturated carbocycles. The van der Waals surface area contributed by atoms with Crippen LogP contribution in [0.25, 0.3) is 11.0 Å². The average Bonchev–Trinajstić information content (AvgIpc) is 3.03. The monoisotopic (exact) mass is 419 g/mol. The molecule has 0 spiro atoms. The third-order valence-electron chi connectivity index (χ3n) is 5.31. The standard InChI is InChI=1S/C24H15ClFNO3/c25-16-8-11-19-18(12-16)22(28)20-21(15-4-2-1-3-5-15)27(24(29)23(20)30-19)13-14-6-9-17(26)10-7-14/h1-12,21H,13H2. The minimum absolute atomic E-state index is 0.0331. The molecule has 0 fully saturated rings. The van der Waals surface area contributed by atoms with Gasteiger partial charge in [-0.25, -0.2) is 4.39 Å². The molecule has 1 atom stereocenters. The summed E-state index contributed by atoms with van der Waals surface area (Å²) < 4.78 is 19.2. The highest BCUT2D eigenvalue weighted by molar-refractivity contribution is 6.31. The number of rotatable bonds is 3. The van der Waals surface area contributed by atoms with Crippen LogP contribution >= 0.6 is 11.6 Å². The fraction of sp³-hybridized carbons (Fsp3) is 0.0833. The first kappa shape index (κ1) is 18.6. The van der Waals surface area contributed by atoms with Crippen LogP contribution in [0.4, 0.5) is 4.39 Å². The Morgan fingerprint density at radius 1 is 0.967 bits per heavy atom. The smallest absolute Gasteiger partial charge is 0.291 e. The molecule has 1 amide bonds. The van der Waals surface area contributed by atoms with Crippen LogP contribution in [0.15, 0.2) is 82.0 Å². The Hall–Kier alpha value is -3.44. The van der Waals surface area contributed by atoms with Gasteiger partial charge in [0.2, 0.25) is 5.76 Å². The molecular formula is C24H15ClFNO3. The molecule has 1 aliphatic rings. The van der Waals surface area contributed by atoms with Gasteiger partial charge in [-0.2, -0.15) is 0 Å². The van der Waals surface area contributed by atoms with Crippen LogP contribution in [0.1, 0.15) is 33.3 Å². The van der Waals surface area contributed by atoms with Crippen LogP contribution in [-0.4, -0.2) is 10.8 Å². The van der Waals surface area contributed by atoms with Gasteiger partial charge in [-0.1, -0.05) is 54.1 Å². The van der Waals surface area contributed by atoms with Gasteiger partial charge in [0.05, 0.1) is 17.0 Å². The fourth-order valence-electron chi connectivity index (χ4n) is 3.92. The Labute approximate surface area is 176 Å². The van der Waals surface area contributed by atoms with E-state index in [4.69, 9.17) is 16.0 Å². The third-order valence-corrected chi connectivity index (χ3v) is 5.54. The van der Waals surface area contributed by atoms with E-state index in [1.165, 1.54) is 12.1 Å². The molecule has 0 bridgehead atoms. The molecule has 0 radical (unpaired) electrons. The first-order valence-electron chi connectivity index (χ1n) is 9.39. The van der Waals surface area contributed by atoms with Crippen molar-refractivity contribution in [3.05, 3.63) is 116 Å². The lowest BCUT2D eigenvalue weighted by molar-refractivity contribution is 0.0714. The van der Waals surface area contributed by atoms with E-state index < -0.39 is 6.04 Å². The van der Waals surface area contributed by atoms with E-state index in [-0.39, 0.29) is 29.5 Å². The van der Waals surface area contributed by atoms with Crippen molar-refractivity contribution in [1.82, 2.24) is 4.90 Å². The molecule has 1 aliphatic heterocycles. The van der Waals surface area contributed by atoms with E-state index in [9.17, 15) is 14.0 Å². The zero-order chi connectivity index (χ0) is 20.8. The predicted octanol–water partition coefficient (Wildman–Crippen LogP) is 5.33. The van der Waals surface area contributed by atoms with Crippen LogP contribution in [-0.2, 0) is 6.54 Å². The van der Waals surface area contributed by atoms with Crippen LogP contribution in [0.5, 0.6) is 0 Å². The molecule has 4 aromatic rings. The van der Waals surface area contributed by atoms with Crippen molar-refractivity contribution in [2.75, 3.05) is 0 Å². The van der Waals surface area contributed by atoms with E-state index in [0.717, 1.165) is 11.1 Å². The lowest BCUT2D eigenvalue weighted by Gasteiger charge is -2.25. The normalized spacial score (nSPS) is 15.6. The molecule has 3 aromatic carbocycles. The number of carbonyl (C=O) groups is 1. The number of nitrogens with zero attached hydrogens (tertiary/aromatic N) is 1. The van der Waals surface area contributed by atoms with Crippen molar-refractivity contribution in [3.8, 4) is 0 Å². The van der Waals surface area contributed by atoms with Crippen molar-refractivity contribution in [2.24, 2.45) is 0 Å². The second-order valence-corrected chi connectivity index (χ2v) is 7.62. The quantitative estimate of drug-likeness (QED) is 0.451. The van der Waals surface area contributed by atoms with Gasteiger partial charge < -0.3 is 9.32 Å². The zero-order valence-corrected chi connectivity index (χ0v) is 16.4. The summed E-state index contributed by atoms with van der Waals surface area (Å²) in [6, 6.07) is 19.4. The van der Waals surface area contributed by atoms with Crippen LogP contribution in [0.2, 0.25) is 5.02 Å². The molecular weight excluding hydrogens is 405 g/mol. The lowest BCUT2D eigenvalue weighted by atomic mass is 9.98. The van der Waals surface area contributed by atoms with Crippen LogP contribution < -0.4 is 5.43 Å². The maximum atomic E-state index is 13.4. The summed E-state index contributed by atoms with van der Waals surface area (Å²) in [6.45, 7) is 0.208. The Morgan fingerprint density at radius 2 is 1.70 bits per heavy atom. The highest BCUT2D eigenvalue weighted by Crippen LogP contribution is 2.39. The highest BCUT2D eigenvalue weighted by atomic mass is 35.5. The van der Waals surface area contributed by atoms with E-state index in [1.54, 1.807) is 35.2 Å². The summed E-state index contributed by atoms with van der Waals surface area (Å²) in [5.74, 6) is -0.697. The van der Waals surface area contributed by atoms with Crippen molar-refractivity contribution in [3.63, 3.8) is 0 Å². The summed E-state index contributed by atoms with van der Waals surface area (Å²) in [4.78, 5) is 28.3. The second-order valence-electron chi connectivity index (χ2n) is 7.19. The molecule has 0 N–H and O–H groups in total. The van der Waals surface area contributed by atoms with Gasteiger partial charge in [0.25, 0.3) is 5.91 Å². The topological polar surface area (TPSA) is 50.5 Å². The van der Waals surface area contributed by atoms with Gasteiger partial charge in [-0.3, -0.25) is 9.59 Å². The summed E-state index contributed by atoms with van der Waals surface area (Å²) >= 11 is 6.08. The van der Waals surface area contributed by atoms with Crippen molar-refractivity contribution in [2.45, 2.75) is 12.6 Å². The number of fused-ring (bicyclic) bond motifs is 2. The Balaban J connectivity index is 1.72. The largest absolute Gasteiger partial charge is 0.450 e. The maximum Gasteiger partial charge on any atom is 0.291 e. The molecule has 148 valence electrons. The van der Waals surface area contributed by atoms with Gasteiger partial charge in [0.1, 0.15) is 11.4 Å². The first-order valence-corrected chi connectivity index (χ1v) is 9.77. The van der Waals surface area contributed by atoms with E-state index in [0.29, 0.717) is 21.6 Å². The SMILES string of the molecule is O=C1c2oc3ccc(Cl)cc3c(=O)c2C(c2ccccc2)N1Cc1ccc(F)cc1. The van der Waals surface area contributed by atoms with Crippen molar-refractivity contribution >= 4 is 28.5 Å². The Morgan fingerprint density at radius 3 is 2.43 bits per heavy atom. The summed E-state index contributed by atoms with van der Waals surface area (Å²) in [7, 11) is 0. The molecule has 0 saturated heterocycles. The van der Waals surface area contributed by atoms with E-state index >= 15 is 0 Å². The van der Waals surface area contributed by atoms with Gasteiger partial charge >= 0.3 is 0 Å². The first-order chi connectivity index (χ1) is 14.5. The van der Waals surface area contributed by atoms with E-state index in [2.05, 4.69) is 0 Å². The second kappa shape index (κ2) is 7.11. The maximum absolute atomic E-state index is 13.4. The molecule has 1 unspecified atom stereocenters. The highest BCUT2D eigenvalue weighted by Gasteiger charge is 2.42. The third kappa shape index (κ3) is 2.99. The molecule has 30 heavy (non-hydrogen) atoms. The summed E-state index contributed by atoms with van der Waals surface area (Å²) in [6.07, 6.45) is 0. The summed E-state index contributed by atoms with van der Waals surface area (Å²) in [5.41, 5.74) is 1.87. The number of carbonyl (C=O) groups excluding carboxylic acids is 1. The number of halogens is 2. The minimum atomic E-state index is -0.613. The van der Waals surface area contributed by atoms with Gasteiger partial charge in [-0.15, -0.1) is 0 Å². The Bertz CT molecular complexity index is 1330.